The first-order valence-corrected chi connectivity index (χ1v) is 8.46. The maximum absolute atomic E-state index is 12.3. The van der Waals surface area contributed by atoms with Gasteiger partial charge in [-0.2, -0.15) is 5.26 Å². The Morgan fingerprint density at radius 1 is 0.929 bits per heavy atom. The highest BCUT2D eigenvalue weighted by molar-refractivity contribution is 6.04. The molecule has 0 bridgehead atoms. The lowest BCUT2D eigenvalue weighted by atomic mass is 10.2. The highest BCUT2D eigenvalue weighted by Gasteiger charge is 2.08. The molecule has 0 spiro atoms. The monoisotopic (exact) mass is 371 g/mol. The summed E-state index contributed by atoms with van der Waals surface area (Å²) in [5.74, 6) is 0.0933. The third-order valence-electron chi connectivity index (χ3n) is 3.73. The average molecular weight is 371 g/mol. The topological polar surface area (TPSA) is 107 Å². The van der Waals surface area contributed by atoms with Crippen molar-refractivity contribution in [1.29, 1.82) is 5.26 Å². The smallest absolute Gasteiger partial charge is 0.257 e. The van der Waals surface area contributed by atoms with Gasteiger partial charge in [-0.3, -0.25) is 9.59 Å². The van der Waals surface area contributed by atoms with Crippen molar-refractivity contribution in [3.8, 4) is 6.07 Å². The van der Waals surface area contributed by atoms with Gasteiger partial charge < -0.3 is 16.0 Å². The molecule has 2 amide bonds. The van der Waals surface area contributed by atoms with Gasteiger partial charge in [-0.05, 0) is 48.5 Å². The van der Waals surface area contributed by atoms with Gasteiger partial charge in [0, 0.05) is 30.2 Å². The molecule has 1 heterocycles. The maximum Gasteiger partial charge on any atom is 0.257 e. The van der Waals surface area contributed by atoms with E-state index in [2.05, 4.69) is 20.9 Å². The highest BCUT2D eigenvalue weighted by Crippen LogP contribution is 2.19. The number of aromatic nitrogens is 1. The van der Waals surface area contributed by atoms with E-state index in [9.17, 15) is 9.59 Å². The second kappa shape index (κ2) is 8.47. The normalized spacial score (nSPS) is 9.86. The minimum atomic E-state index is -0.318. The molecule has 3 rings (SSSR count). The van der Waals surface area contributed by atoms with Crippen molar-refractivity contribution < 1.29 is 9.59 Å². The van der Waals surface area contributed by atoms with E-state index in [1.165, 1.54) is 13.1 Å². The Labute approximate surface area is 162 Å². The molecule has 0 radical (unpaired) electrons. The van der Waals surface area contributed by atoms with E-state index in [-0.39, 0.29) is 11.8 Å². The molecule has 0 saturated carbocycles. The van der Waals surface area contributed by atoms with Gasteiger partial charge in [-0.1, -0.05) is 12.1 Å². The lowest BCUT2D eigenvalue weighted by Gasteiger charge is -2.09. The summed E-state index contributed by atoms with van der Waals surface area (Å²) in [5, 5.41) is 17.5. The quantitative estimate of drug-likeness (QED) is 0.630. The van der Waals surface area contributed by atoms with E-state index in [0.717, 1.165) is 5.69 Å². The third kappa shape index (κ3) is 4.93. The van der Waals surface area contributed by atoms with Crippen LogP contribution in [0.4, 0.5) is 22.9 Å². The van der Waals surface area contributed by atoms with Crippen LogP contribution in [0.1, 0.15) is 22.8 Å². The summed E-state index contributed by atoms with van der Waals surface area (Å²) in [6.07, 6.45) is 1.46. The van der Waals surface area contributed by atoms with E-state index in [4.69, 9.17) is 5.26 Å². The molecule has 0 atom stereocenters. The van der Waals surface area contributed by atoms with E-state index in [1.807, 2.05) is 18.2 Å². The van der Waals surface area contributed by atoms with Crippen LogP contribution in [0.25, 0.3) is 0 Å². The zero-order valence-corrected chi connectivity index (χ0v) is 15.1. The van der Waals surface area contributed by atoms with Crippen molar-refractivity contribution in [3.63, 3.8) is 0 Å². The Kier molecular flexibility index (Phi) is 5.63. The van der Waals surface area contributed by atoms with Crippen molar-refractivity contribution in [2.45, 2.75) is 6.92 Å². The van der Waals surface area contributed by atoms with Crippen LogP contribution in [0.15, 0.2) is 66.9 Å². The van der Waals surface area contributed by atoms with E-state index in [1.54, 1.807) is 48.5 Å². The van der Waals surface area contributed by atoms with Crippen molar-refractivity contribution in [2.75, 3.05) is 16.0 Å². The van der Waals surface area contributed by atoms with Crippen LogP contribution in [0.3, 0.4) is 0 Å². The zero-order chi connectivity index (χ0) is 19.9. The summed E-state index contributed by atoms with van der Waals surface area (Å²) in [4.78, 5) is 27.7. The van der Waals surface area contributed by atoms with Gasteiger partial charge >= 0.3 is 0 Å². The summed E-state index contributed by atoms with van der Waals surface area (Å²) >= 11 is 0. The first-order valence-electron chi connectivity index (χ1n) is 8.46. The fourth-order valence-corrected chi connectivity index (χ4v) is 2.50. The predicted octanol–water partition coefficient (Wildman–Crippen LogP) is 3.91. The lowest BCUT2D eigenvalue weighted by Crippen LogP contribution is -2.12. The number of pyridine rings is 1. The molecule has 3 N–H and O–H groups in total. The fourth-order valence-electron chi connectivity index (χ4n) is 2.50. The molecule has 28 heavy (non-hydrogen) atoms. The number of benzene rings is 2. The molecule has 7 heteroatoms. The molecule has 138 valence electrons. The van der Waals surface area contributed by atoms with Crippen LogP contribution in [0, 0.1) is 11.3 Å². The molecule has 0 unspecified atom stereocenters. The minimum absolute atomic E-state index is 0.147. The largest absolute Gasteiger partial charge is 0.340 e. The van der Waals surface area contributed by atoms with Gasteiger partial charge in [0.05, 0.1) is 17.2 Å². The maximum atomic E-state index is 12.3. The number of carbonyl (C=O) groups excluding carboxylic acids is 2. The number of nitriles is 1. The van der Waals surface area contributed by atoms with Crippen LogP contribution < -0.4 is 16.0 Å². The first kappa shape index (κ1) is 18.6. The number of carbonyl (C=O) groups is 2. The SMILES string of the molecule is CC(=O)Nc1cccc(Nc2ccc(C(=O)Nc3cccc(C#N)c3)cn2)c1. The number of amides is 2. The Bertz CT molecular complexity index is 1050. The molecule has 1 aromatic heterocycles. The third-order valence-corrected chi connectivity index (χ3v) is 3.73. The average Bonchev–Trinajstić information content (AvgIpc) is 2.68. The zero-order valence-electron chi connectivity index (χ0n) is 15.1. The minimum Gasteiger partial charge on any atom is -0.340 e. The Balaban J connectivity index is 1.67. The van der Waals surface area contributed by atoms with Gasteiger partial charge in [0.1, 0.15) is 5.82 Å². The van der Waals surface area contributed by atoms with Crippen LogP contribution in [0.2, 0.25) is 0 Å². The second-order valence-electron chi connectivity index (χ2n) is 5.97. The van der Waals surface area contributed by atoms with Crippen molar-refractivity contribution in [3.05, 3.63) is 78.0 Å². The molecule has 0 fully saturated rings. The van der Waals surface area contributed by atoms with Crippen molar-refractivity contribution in [2.24, 2.45) is 0 Å². The van der Waals surface area contributed by atoms with Gasteiger partial charge in [0.2, 0.25) is 5.91 Å². The van der Waals surface area contributed by atoms with Crippen LogP contribution in [-0.4, -0.2) is 16.8 Å². The van der Waals surface area contributed by atoms with Crippen molar-refractivity contribution >= 4 is 34.7 Å². The summed E-state index contributed by atoms with van der Waals surface area (Å²) in [7, 11) is 0. The molecular weight excluding hydrogens is 354 g/mol. The summed E-state index contributed by atoms with van der Waals surface area (Å²) in [6, 6.07) is 19.3. The van der Waals surface area contributed by atoms with Gasteiger partial charge in [-0.15, -0.1) is 0 Å². The van der Waals surface area contributed by atoms with Crippen LogP contribution in [0.5, 0.6) is 0 Å². The summed E-state index contributed by atoms with van der Waals surface area (Å²) in [6.45, 7) is 1.45. The van der Waals surface area contributed by atoms with Crippen LogP contribution in [-0.2, 0) is 4.79 Å². The molecule has 0 aliphatic rings. The number of anilines is 4. The van der Waals surface area contributed by atoms with E-state index in [0.29, 0.717) is 28.3 Å². The molecule has 3 aromatic rings. The standard InChI is InChI=1S/C21H17N5O2/c1-14(27)24-18-6-3-7-19(11-18)25-20-9-8-16(13-23-20)21(28)26-17-5-2-4-15(10-17)12-22/h2-11,13H,1H3,(H,23,25)(H,24,27)(H,26,28). The van der Waals surface area contributed by atoms with E-state index >= 15 is 0 Å². The van der Waals surface area contributed by atoms with Gasteiger partial charge in [0.25, 0.3) is 5.91 Å². The highest BCUT2D eigenvalue weighted by atomic mass is 16.2. The lowest BCUT2D eigenvalue weighted by molar-refractivity contribution is -0.114. The molecule has 0 saturated heterocycles. The van der Waals surface area contributed by atoms with Gasteiger partial charge in [-0.25, -0.2) is 4.98 Å². The number of nitrogens with zero attached hydrogens (tertiary/aromatic N) is 2. The van der Waals surface area contributed by atoms with Crippen LogP contribution >= 0.6 is 0 Å². The van der Waals surface area contributed by atoms with E-state index < -0.39 is 0 Å². The molecule has 7 nitrogen and oxygen atoms in total. The van der Waals surface area contributed by atoms with Gasteiger partial charge in [0.15, 0.2) is 0 Å². The summed E-state index contributed by atoms with van der Waals surface area (Å²) < 4.78 is 0. The number of rotatable bonds is 5. The Hall–Kier alpha value is -4.18. The number of nitrogens with one attached hydrogen (secondary N) is 3. The Morgan fingerprint density at radius 3 is 2.32 bits per heavy atom. The molecule has 0 aliphatic heterocycles. The summed E-state index contributed by atoms with van der Waals surface area (Å²) in [5.41, 5.74) is 2.83. The Morgan fingerprint density at radius 2 is 1.64 bits per heavy atom. The number of hydrogen-bond acceptors (Lipinski definition) is 5. The fraction of sp³-hybridized carbons (Fsp3) is 0.0476. The molecular formula is C21H17N5O2. The number of hydrogen-bond donors (Lipinski definition) is 3. The predicted molar refractivity (Wildman–Crippen MR) is 107 cm³/mol. The molecule has 2 aromatic carbocycles. The second-order valence-corrected chi connectivity index (χ2v) is 5.97. The first-order chi connectivity index (χ1) is 13.5. The molecule has 0 aliphatic carbocycles. The van der Waals surface area contributed by atoms with Crippen molar-refractivity contribution in [1.82, 2.24) is 4.98 Å².